The van der Waals surface area contributed by atoms with Crippen molar-refractivity contribution < 1.29 is 14.4 Å². The number of benzene rings is 2. The van der Waals surface area contributed by atoms with Gasteiger partial charge < -0.3 is 5.32 Å². The van der Waals surface area contributed by atoms with Crippen LogP contribution in [0.25, 0.3) is 10.8 Å². The Morgan fingerprint density at radius 1 is 0.973 bits per heavy atom. The van der Waals surface area contributed by atoms with Crippen molar-refractivity contribution in [1.82, 2.24) is 31.0 Å². The van der Waals surface area contributed by atoms with Gasteiger partial charge in [0.25, 0.3) is 17.7 Å². The second-order valence-corrected chi connectivity index (χ2v) is 8.79. The maximum Gasteiger partial charge on any atom is 0.288 e. The molecule has 1 aliphatic rings. The minimum atomic E-state index is -0.466. The molecule has 0 bridgehead atoms. The average molecular weight is 510 g/mol. The number of nitrogens with one attached hydrogen (secondary N) is 3. The van der Waals surface area contributed by atoms with Crippen LogP contribution in [0.15, 0.2) is 79.3 Å². The topological polar surface area (TPSA) is 116 Å². The Kier molecular flexibility index (Phi) is 6.82. The first kappa shape index (κ1) is 24.0. The van der Waals surface area contributed by atoms with Crippen LogP contribution >= 0.6 is 12.2 Å². The molecule has 2 aromatic heterocycles. The summed E-state index contributed by atoms with van der Waals surface area (Å²) in [7, 11) is 0. The molecule has 0 saturated heterocycles. The van der Waals surface area contributed by atoms with Gasteiger partial charge in [0.2, 0.25) is 0 Å². The third-order valence-electron chi connectivity index (χ3n) is 5.96. The molecule has 0 fully saturated rings. The number of aromatic nitrogens is 2. The lowest BCUT2D eigenvalue weighted by Crippen LogP contribution is -2.53. The SMILES string of the molecule is O=C(NNC(=S)N[C@@H](Cc1ccncc1)CN1C(=O)c2ccccc2C1=O)c1nccc2c[c]ccc12. The molecule has 3 N–H and O–H groups in total. The number of carbonyl (C=O) groups is 3. The quantitative estimate of drug-likeness (QED) is 0.206. The molecular weight excluding hydrogens is 488 g/mol. The molecule has 183 valence electrons. The van der Waals surface area contributed by atoms with E-state index in [2.05, 4.69) is 32.2 Å². The number of hydrazine groups is 1. The summed E-state index contributed by atoms with van der Waals surface area (Å²) in [4.78, 5) is 48.1. The van der Waals surface area contributed by atoms with Gasteiger partial charge in [-0.3, -0.25) is 40.1 Å². The van der Waals surface area contributed by atoms with Crippen LogP contribution in [0.4, 0.5) is 0 Å². The van der Waals surface area contributed by atoms with Gasteiger partial charge in [-0.2, -0.15) is 0 Å². The molecule has 2 aromatic carbocycles. The van der Waals surface area contributed by atoms with E-state index in [-0.39, 0.29) is 29.2 Å². The fourth-order valence-corrected chi connectivity index (χ4v) is 4.44. The minimum absolute atomic E-state index is 0.0752. The first-order valence-corrected chi connectivity index (χ1v) is 11.9. The van der Waals surface area contributed by atoms with Gasteiger partial charge in [0.05, 0.1) is 17.2 Å². The van der Waals surface area contributed by atoms with Gasteiger partial charge in [-0.1, -0.05) is 24.3 Å². The molecule has 3 heterocycles. The molecule has 9 nitrogen and oxygen atoms in total. The second-order valence-electron chi connectivity index (χ2n) is 8.38. The lowest BCUT2D eigenvalue weighted by Gasteiger charge is -2.25. The summed E-state index contributed by atoms with van der Waals surface area (Å²) >= 11 is 5.42. The smallest absolute Gasteiger partial charge is 0.288 e. The number of amides is 3. The molecule has 4 aromatic rings. The van der Waals surface area contributed by atoms with Crippen LogP contribution in [-0.4, -0.2) is 50.3 Å². The Morgan fingerprint density at radius 2 is 1.70 bits per heavy atom. The van der Waals surface area contributed by atoms with E-state index in [1.54, 1.807) is 67.1 Å². The third-order valence-corrected chi connectivity index (χ3v) is 6.18. The normalized spacial score (nSPS) is 13.2. The van der Waals surface area contributed by atoms with Crippen molar-refractivity contribution in [2.24, 2.45) is 0 Å². The van der Waals surface area contributed by atoms with Gasteiger partial charge >= 0.3 is 0 Å². The molecule has 1 atom stereocenters. The zero-order valence-corrected chi connectivity index (χ0v) is 20.3. The molecule has 10 heteroatoms. The molecule has 0 saturated carbocycles. The Balaban J connectivity index is 1.28. The summed E-state index contributed by atoms with van der Waals surface area (Å²) in [5.74, 6) is -1.17. The number of rotatable bonds is 6. The van der Waals surface area contributed by atoms with Crippen molar-refractivity contribution in [3.05, 3.63) is 108 Å². The van der Waals surface area contributed by atoms with Crippen molar-refractivity contribution in [2.75, 3.05) is 6.54 Å². The average Bonchev–Trinajstić information content (AvgIpc) is 3.17. The highest BCUT2D eigenvalue weighted by Crippen LogP contribution is 2.23. The maximum absolute atomic E-state index is 12.9. The van der Waals surface area contributed by atoms with Crippen LogP contribution in [0.5, 0.6) is 0 Å². The van der Waals surface area contributed by atoms with Crippen molar-refractivity contribution >= 4 is 45.8 Å². The van der Waals surface area contributed by atoms with E-state index in [1.807, 2.05) is 12.1 Å². The molecule has 1 radical (unpaired) electrons. The number of carbonyl (C=O) groups excluding carboxylic acids is 3. The van der Waals surface area contributed by atoms with Crippen molar-refractivity contribution in [2.45, 2.75) is 12.5 Å². The summed E-state index contributed by atoms with van der Waals surface area (Å²) in [6.45, 7) is 0.0752. The highest BCUT2D eigenvalue weighted by molar-refractivity contribution is 7.80. The van der Waals surface area contributed by atoms with E-state index in [1.165, 1.54) is 4.90 Å². The monoisotopic (exact) mass is 509 g/mol. The molecule has 5 rings (SSSR count). The van der Waals surface area contributed by atoms with Crippen molar-refractivity contribution in [1.29, 1.82) is 0 Å². The Bertz CT molecular complexity index is 1470. The predicted molar refractivity (Wildman–Crippen MR) is 140 cm³/mol. The van der Waals surface area contributed by atoms with Gasteiger partial charge in [-0.15, -0.1) is 0 Å². The fourth-order valence-electron chi connectivity index (χ4n) is 4.22. The molecular formula is C27H21N6O3S. The van der Waals surface area contributed by atoms with Crippen LogP contribution in [0, 0.1) is 6.07 Å². The maximum atomic E-state index is 12.9. The van der Waals surface area contributed by atoms with E-state index in [4.69, 9.17) is 12.2 Å². The summed E-state index contributed by atoms with van der Waals surface area (Å²) in [5.41, 5.74) is 7.19. The van der Waals surface area contributed by atoms with E-state index < -0.39 is 11.9 Å². The first-order valence-electron chi connectivity index (χ1n) is 11.5. The number of hydrogen-bond donors (Lipinski definition) is 3. The van der Waals surface area contributed by atoms with E-state index in [0.29, 0.717) is 22.9 Å². The largest absolute Gasteiger partial charge is 0.356 e. The number of pyridine rings is 2. The van der Waals surface area contributed by atoms with Crippen LogP contribution < -0.4 is 16.2 Å². The van der Waals surface area contributed by atoms with Crippen LogP contribution in [0.3, 0.4) is 0 Å². The number of hydrogen-bond acceptors (Lipinski definition) is 6. The van der Waals surface area contributed by atoms with E-state index >= 15 is 0 Å². The summed E-state index contributed by atoms with van der Waals surface area (Å²) in [5, 5.41) is 4.76. The van der Waals surface area contributed by atoms with Crippen LogP contribution in [0.1, 0.15) is 36.8 Å². The zero-order chi connectivity index (χ0) is 25.8. The molecule has 37 heavy (non-hydrogen) atoms. The second kappa shape index (κ2) is 10.5. The van der Waals surface area contributed by atoms with Gasteiger partial charge in [-0.25, -0.2) is 0 Å². The highest BCUT2D eigenvalue weighted by atomic mass is 32.1. The number of nitrogens with zero attached hydrogens (tertiary/aromatic N) is 3. The standard InChI is InChI=1S/C27H21N6O3S/c34-24(23-20-6-2-1-5-18(20)11-14-29-23)31-32-27(37)30-19(15-17-9-12-28-13-10-17)16-33-25(35)21-7-3-4-8-22(21)26(33)36/h2-14,19H,15-16H2,(H,31,34)(H2,30,32,37)/t19-/m0/s1. The van der Waals surface area contributed by atoms with Gasteiger partial charge in [0, 0.05) is 30.5 Å². The van der Waals surface area contributed by atoms with Crippen LogP contribution in [0.2, 0.25) is 0 Å². The van der Waals surface area contributed by atoms with Crippen LogP contribution in [-0.2, 0) is 6.42 Å². The molecule has 1 aliphatic heterocycles. The first-order chi connectivity index (χ1) is 18.0. The number of thiocarbonyl (C=S) groups is 1. The zero-order valence-electron chi connectivity index (χ0n) is 19.5. The fraction of sp³-hybridized carbons (Fsp3) is 0.111. The summed E-state index contributed by atoms with van der Waals surface area (Å²) < 4.78 is 0. The molecule has 0 aliphatic carbocycles. The number of fused-ring (bicyclic) bond motifs is 2. The lowest BCUT2D eigenvalue weighted by molar-refractivity contribution is 0.0641. The lowest BCUT2D eigenvalue weighted by atomic mass is 10.1. The molecule has 3 amide bonds. The molecule has 0 spiro atoms. The van der Waals surface area contributed by atoms with Crippen molar-refractivity contribution in [3.8, 4) is 0 Å². The van der Waals surface area contributed by atoms with Crippen molar-refractivity contribution in [3.63, 3.8) is 0 Å². The summed E-state index contributed by atoms with van der Waals surface area (Å²) in [6.07, 6.45) is 5.34. The minimum Gasteiger partial charge on any atom is -0.356 e. The molecule has 0 unspecified atom stereocenters. The Morgan fingerprint density at radius 3 is 2.43 bits per heavy atom. The Hall–Kier alpha value is -4.70. The van der Waals surface area contributed by atoms with Gasteiger partial charge in [0.1, 0.15) is 5.69 Å². The van der Waals surface area contributed by atoms with Gasteiger partial charge in [0.15, 0.2) is 5.11 Å². The highest BCUT2D eigenvalue weighted by Gasteiger charge is 2.36. The summed E-state index contributed by atoms with van der Waals surface area (Å²) in [6, 6.07) is 20.0. The van der Waals surface area contributed by atoms with E-state index in [9.17, 15) is 14.4 Å². The van der Waals surface area contributed by atoms with E-state index in [0.717, 1.165) is 10.9 Å². The predicted octanol–water partition coefficient (Wildman–Crippen LogP) is 2.45. The number of imide groups is 1. The van der Waals surface area contributed by atoms with Gasteiger partial charge in [-0.05, 0) is 72.1 Å². The Labute approximate surface area is 217 Å². The third kappa shape index (κ3) is 5.14.